The van der Waals surface area contributed by atoms with E-state index in [0.29, 0.717) is 41.2 Å². The minimum absolute atomic E-state index is 0.119. The van der Waals surface area contributed by atoms with Crippen LogP contribution in [0.3, 0.4) is 0 Å². The number of halogens is 1. The molecule has 0 unspecified atom stereocenters. The molecule has 1 saturated heterocycles. The van der Waals surface area contributed by atoms with Gasteiger partial charge in [0.1, 0.15) is 0 Å². The molecule has 1 fully saturated rings. The second-order valence-corrected chi connectivity index (χ2v) is 7.99. The third-order valence-electron chi connectivity index (χ3n) is 4.80. The Kier molecular flexibility index (Phi) is 6.59. The number of hydrogen-bond acceptors (Lipinski definition) is 4. The number of furan rings is 1. The summed E-state index contributed by atoms with van der Waals surface area (Å²) in [4.78, 5) is 39.1. The number of nitrogens with zero attached hydrogens (tertiary/aromatic N) is 1. The fourth-order valence-electron chi connectivity index (χ4n) is 3.65. The molecular formula is C21H24ClN3O4. The Balaban J connectivity index is 1.68. The van der Waals surface area contributed by atoms with Crippen molar-refractivity contribution in [2.45, 2.75) is 20.3 Å². The zero-order valence-corrected chi connectivity index (χ0v) is 17.2. The molecule has 0 radical (unpaired) electrons. The molecule has 2 heterocycles. The summed E-state index contributed by atoms with van der Waals surface area (Å²) in [5, 5.41) is 5.58. The molecule has 2 atom stereocenters. The van der Waals surface area contributed by atoms with Crippen molar-refractivity contribution in [3.63, 3.8) is 0 Å². The van der Waals surface area contributed by atoms with Gasteiger partial charge in [0.2, 0.25) is 5.91 Å². The summed E-state index contributed by atoms with van der Waals surface area (Å²) in [6, 6.07) is 7.85. The van der Waals surface area contributed by atoms with Gasteiger partial charge in [0.25, 0.3) is 11.8 Å². The summed E-state index contributed by atoms with van der Waals surface area (Å²) in [5.74, 6) is -0.168. The monoisotopic (exact) mass is 417 g/mol. The Labute approximate surface area is 174 Å². The maximum Gasteiger partial charge on any atom is 0.287 e. The molecular weight excluding hydrogens is 394 g/mol. The number of anilines is 1. The summed E-state index contributed by atoms with van der Waals surface area (Å²) in [7, 11) is 0. The summed E-state index contributed by atoms with van der Waals surface area (Å²) >= 11 is 6.10. The smallest absolute Gasteiger partial charge is 0.287 e. The van der Waals surface area contributed by atoms with Gasteiger partial charge in [-0.25, -0.2) is 0 Å². The number of carbonyl (C=O) groups excluding carboxylic acids is 3. The average molecular weight is 418 g/mol. The number of piperidine rings is 1. The van der Waals surface area contributed by atoms with E-state index in [1.165, 1.54) is 12.3 Å². The predicted octanol–water partition coefficient (Wildman–Crippen LogP) is 3.42. The van der Waals surface area contributed by atoms with Crippen LogP contribution >= 0.6 is 11.6 Å². The topological polar surface area (TPSA) is 91.7 Å². The fraction of sp³-hybridized carbons (Fsp3) is 0.381. The molecule has 1 aromatic heterocycles. The lowest BCUT2D eigenvalue weighted by atomic mass is 9.91. The zero-order valence-electron chi connectivity index (χ0n) is 16.4. The Morgan fingerprint density at radius 3 is 2.55 bits per heavy atom. The van der Waals surface area contributed by atoms with E-state index < -0.39 is 11.8 Å². The zero-order chi connectivity index (χ0) is 21.0. The maximum absolute atomic E-state index is 13.1. The van der Waals surface area contributed by atoms with Gasteiger partial charge < -0.3 is 20.0 Å². The van der Waals surface area contributed by atoms with Crippen molar-refractivity contribution in [2.24, 2.45) is 11.8 Å². The molecule has 154 valence electrons. The number of amides is 3. The lowest BCUT2D eigenvalue weighted by Crippen LogP contribution is -2.43. The molecule has 2 aromatic rings. The third kappa shape index (κ3) is 5.38. The van der Waals surface area contributed by atoms with Crippen LogP contribution in [0.25, 0.3) is 0 Å². The van der Waals surface area contributed by atoms with Crippen LogP contribution in [-0.2, 0) is 4.79 Å². The number of likely N-dealkylation sites (tertiary alicyclic amines) is 1. The van der Waals surface area contributed by atoms with Gasteiger partial charge in [-0.05, 0) is 48.6 Å². The Hall–Kier alpha value is -2.80. The van der Waals surface area contributed by atoms with Crippen LogP contribution in [0.15, 0.2) is 41.0 Å². The molecule has 2 N–H and O–H groups in total. The van der Waals surface area contributed by atoms with Crippen LogP contribution < -0.4 is 10.6 Å². The minimum Gasteiger partial charge on any atom is -0.459 e. The summed E-state index contributed by atoms with van der Waals surface area (Å²) < 4.78 is 4.99. The van der Waals surface area contributed by atoms with Crippen molar-refractivity contribution in [3.05, 3.63) is 52.9 Å². The van der Waals surface area contributed by atoms with E-state index in [9.17, 15) is 14.4 Å². The van der Waals surface area contributed by atoms with E-state index in [1.54, 1.807) is 29.2 Å². The number of rotatable bonds is 5. The van der Waals surface area contributed by atoms with Gasteiger partial charge in [-0.2, -0.15) is 0 Å². The van der Waals surface area contributed by atoms with Gasteiger partial charge >= 0.3 is 0 Å². The molecule has 3 rings (SSSR count). The van der Waals surface area contributed by atoms with Crippen molar-refractivity contribution in [1.82, 2.24) is 10.2 Å². The molecule has 0 aliphatic carbocycles. The molecule has 0 bridgehead atoms. The molecule has 29 heavy (non-hydrogen) atoms. The quantitative estimate of drug-likeness (QED) is 0.779. The van der Waals surface area contributed by atoms with Crippen molar-refractivity contribution < 1.29 is 18.8 Å². The van der Waals surface area contributed by atoms with Gasteiger partial charge in [0.05, 0.1) is 24.1 Å². The van der Waals surface area contributed by atoms with Crippen LogP contribution in [0, 0.1) is 11.8 Å². The van der Waals surface area contributed by atoms with Gasteiger partial charge in [-0.1, -0.05) is 25.4 Å². The molecule has 1 aliphatic rings. The van der Waals surface area contributed by atoms with E-state index in [4.69, 9.17) is 16.0 Å². The number of carbonyl (C=O) groups is 3. The van der Waals surface area contributed by atoms with Gasteiger partial charge in [0, 0.05) is 18.1 Å². The first-order valence-electron chi connectivity index (χ1n) is 9.54. The highest BCUT2D eigenvalue weighted by molar-refractivity contribution is 6.31. The van der Waals surface area contributed by atoms with E-state index in [-0.39, 0.29) is 18.2 Å². The first-order valence-corrected chi connectivity index (χ1v) is 9.91. The van der Waals surface area contributed by atoms with E-state index in [0.717, 1.165) is 6.42 Å². The highest BCUT2D eigenvalue weighted by atomic mass is 35.5. The molecule has 3 amide bonds. The molecule has 0 spiro atoms. The van der Waals surface area contributed by atoms with Crippen molar-refractivity contribution in [3.8, 4) is 0 Å². The number of nitrogens with one attached hydrogen (secondary N) is 2. The van der Waals surface area contributed by atoms with Crippen molar-refractivity contribution in [1.29, 1.82) is 0 Å². The fourth-order valence-corrected chi connectivity index (χ4v) is 3.82. The Bertz CT molecular complexity index is 887. The van der Waals surface area contributed by atoms with Gasteiger partial charge in [0.15, 0.2) is 5.76 Å². The van der Waals surface area contributed by atoms with Crippen LogP contribution in [0.2, 0.25) is 5.02 Å². The van der Waals surface area contributed by atoms with Gasteiger partial charge in [-0.15, -0.1) is 0 Å². The molecule has 7 nitrogen and oxygen atoms in total. The van der Waals surface area contributed by atoms with E-state index in [1.807, 2.05) is 0 Å². The second kappa shape index (κ2) is 9.13. The highest BCUT2D eigenvalue weighted by Crippen LogP contribution is 2.27. The summed E-state index contributed by atoms with van der Waals surface area (Å²) in [6.07, 6.45) is 2.46. The van der Waals surface area contributed by atoms with Crippen LogP contribution in [0.5, 0.6) is 0 Å². The lowest BCUT2D eigenvalue weighted by molar-refractivity contribution is -0.115. The average Bonchev–Trinajstić information content (AvgIpc) is 3.21. The molecule has 8 heteroatoms. The first-order chi connectivity index (χ1) is 13.8. The third-order valence-corrected chi connectivity index (χ3v) is 5.03. The maximum atomic E-state index is 13.1. The molecule has 1 aliphatic heterocycles. The molecule has 1 aromatic carbocycles. The first kappa shape index (κ1) is 20.9. The van der Waals surface area contributed by atoms with Crippen LogP contribution in [-0.4, -0.2) is 42.3 Å². The van der Waals surface area contributed by atoms with Crippen LogP contribution in [0.1, 0.15) is 41.2 Å². The standard InChI is InChI=1S/C21H24ClN3O4/c1-13-8-14(2)12-25(11-13)21(28)16-9-15(22)5-6-17(16)24-19(26)10-23-20(27)18-4-3-7-29-18/h3-7,9,13-14H,8,10-12H2,1-2H3,(H,23,27)(H,24,26)/t13-,14+. The van der Waals surface area contributed by atoms with E-state index in [2.05, 4.69) is 24.5 Å². The molecule has 0 saturated carbocycles. The van der Waals surface area contributed by atoms with Crippen molar-refractivity contribution in [2.75, 3.05) is 25.0 Å². The number of hydrogen-bond donors (Lipinski definition) is 2. The number of benzene rings is 1. The Morgan fingerprint density at radius 2 is 1.90 bits per heavy atom. The summed E-state index contributed by atoms with van der Waals surface area (Å²) in [5.41, 5.74) is 0.701. The second-order valence-electron chi connectivity index (χ2n) is 7.55. The lowest BCUT2D eigenvalue weighted by Gasteiger charge is -2.35. The Morgan fingerprint density at radius 1 is 1.17 bits per heavy atom. The normalized spacial score (nSPS) is 18.9. The largest absolute Gasteiger partial charge is 0.459 e. The van der Waals surface area contributed by atoms with Crippen LogP contribution in [0.4, 0.5) is 5.69 Å². The van der Waals surface area contributed by atoms with E-state index >= 15 is 0 Å². The highest BCUT2D eigenvalue weighted by Gasteiger charge is 2.28. The minimum atomic E-state index is -0.492. The predicted molar refractivity (Wildman–Crippen MR) is 110 cm³/mol. The SMILES string of the molecule is C[C@@H]1C[C@H](C)CN(C(=O)c2cc(Cl)ccc2NC(=O)CNC(=O)c2ccco2)C1. The van der Waals surface area contributed by atoms with Crippen molar-refractivity contribution >= 4 is 35.0 Å². The van der Waals surface area contributed by atoms with Gasteiger partial charge in [-0.3, -0.25) is 14.4 Å². The summed E-state index contributed by atoms with van der Waals surface area (Å²) in [6.45, 7) is 5.33.